The number of methoxy groups -OCH3 is 3. The molecule has 0 aliphatic carbocycles. The molecular weight excluding hydrogens is 452 g/mol. The highest BCUT2D eigenvalue weighted by molar-refractivity contribution is 6.11. The molecule has 1 saturated heterocycles. The van der Waals surface area contributed by atoms with Gasteiger partial charge in [0.1, 0.15) is 17.1 Å². The van der Waals surface area contributed by atoms with Crippen LogP contribution in [0.15, 0.2) is 30.5 Å². The van der Waals surface area contributed by atoms with E-state index in [2.05, 4.69) is 15.6 Å². The second-order valence-corrected chi connectivity index (χ2v) is 8.31. The Kier molecular flexibility index (Phi) is 7.40. The van der Waals surface area contributed by atoms with Gasteiger partial charge in [-0.3, -0.25) is 4.79 Å². The summed E-state index contributed by atoms with van der Waals surface area (Å²) in [5.41, 5.74) is 2.86. The van der Waals surface area contributed by atoms with Gasteiger partial charge in [-0.15, -0.1) is 0 Å². The predicted molar refractivity (Wildman–Crippen MR) is 131 cm³/mol. The molecule has 10 heteroatoms. The number of anilines is 2. The molecule has 4 rings (SSSR count). The highest BCUT2D eigenvalue weighted by atomic mass is 16.5. The van der Waals surface area contributed by atoms with Crippen molar-refractivity contribution < 1.29 is 28.5 Å². The number of nitrogens with zero attached hydrogens (tertiary/aromatic N) is 2. The van der Waals surface area contributed by atoms with Crippen LogP contribution < -0.4 is 20.1 Å². The molecule has 2 N–H and O–H groups in total. The summed E-state index contributed by atoms with van der Waals surface area (Å²) in [4.78, 5) is 29.5. The summed E-state index contributed by atoms with van der Waals surface area (Å²) in [6.45, 7) is 3.00. The topological polar surface area (TPSA) is 113 Å². The van der Waals surface area contributed by atoms with Crippen molar-refractivity contribution in [3.05, 3.63) is 41.7 Å². The van der Waals surface area contributed by atoms with Crippen LogP contribution in [0.3, 0.4) is 0 Å². The number of pyridine rings is 1. The van der Waals surface area contributed by atoms with E-state index in [4.69, 9.17) is 18.9 Å². The molecule has 186 valence electrons. The highest BCUT2D eigenvalue weighted by Crippen LogP contribution is 2.34. The quantitative estimate of drug-likeness (QED) is 0.445. The maximum atomic E-state index is 12.8. The van der Waals surface area contributed by atoms with Gasteiger partial charge in [0.05, 0.1) is 51.5 Å². The molecule has 35 heavy (non-hydrogen) atoms. The summed E-state index contributed by atoms with van der Waals surface area (Å²) in [5.74, 6) is 0.532. The minimum absolute atomic E-state index is 0.0400. The fourth-order valence-electron chi connectivity index (χ4n) is 4.28. The van der Waals surface area contributed by atoms with Crippen molar-refractivity contribution in [2.75, 3.05) is 38.6 Å². The molecule has 1 unspecified atom stereocenters. The van der Waals surface area contributed by atoms with Gasteiger partial charge in [0.15, 0.2) is 5.69 Å². The van der Waals surface area contributed by atoms with Crippen LogP contribution in [-0.2, 0) is 27.4 Å². The third-order valence-corrected chi connectivity index (χ3v) is 5.90. The lowest BCUT2D eigenvalue weighted by Gasteiger charge is -2.14. The van der Waals surface area contributed by atoms with E-state index in [-0.39, 0.29) is 17.7 Å². The lowest BCUT2D eigenvalue weighted by Crippen LogP contribution is -2.21. The number of rotatable bonds is 9. The van der Waals surface area contributed by atoms with E-state index in [9.17, 15) is 9.59 Å². The van der Waals surface area contributed by atoms with Gasteiger partial charge in [0.25, 0.3) is 0 Å². The lowest BCUT2D eigenvalue weighted by atomic mass is 10.2. The average Bonchev–Trinajstić information content (AvgIpc) is 3.48. The molecule has 0 saturated carbocycles. The van der Waals surface area contributed by atoms with E-state index in [0.717, 1.165) is 24.1 Å². The largest absolute Gasteiger partial charge is 0.497 e. The van der Waals surface area contributed by atoms with Gasteiger partial charge in [-0.2, -0.15) is 0 Å². The van der Waals surface area contributed by atoms with E-state index < -0.39 is 5.97 Å². The second kappa shape index (κ2) is 10.6. The minimum Gasteiger partial charge on any atom is -0.497 e. The fourth-order valence-corrected chi connectivity index (χ4v) is 4.28. The smallest absolute Gasteiger partial charge is 0.356 e. The number of fused-ring (bicyclic) bond motifs is 1. The first kappa shape index (κ1) is 24.3. The number of carbonyl (C=O) groups excluding carboxylic acids is 2. The number of aromatic nitrogens is 2. The summed E-state index contributed by atoms with van der Waals surface area (Å²) in [7, 11) is 4.53. The third-order valence-electron chi connectivity index (χ3n) is 5.90. The molecule has 3 heterocycles. The Hall–Kier alpha value is -3.79. The number of ether oxygens (including phenoxy) is 4. The van der Waals surface area contributed by atoms with E-state index in [1.165, 1.54) is 14.0 Å². The number of amides is 1. The summed E-state index contributed by atoms with van der Waals surface area (Å²) in [6, 6.07) is 7.50. The van der Waals surface area contributed by atoms with Crippen molar-refractivity contribution in [3.8, 4) is 11.5 Å². The van der Waals surface area contributed by atoms with Crippen molar-refractivity contribution in [1.82, 2.24) is 9.55 Å². The van der Waals surface area contributed by atoms with Crippen molar-refractivity contribution in [2.24, 2.45) is 0 Å². The average molecular weight is 483 g/mol. The van der Waals surface area contributed by atoms with Gasteiger partial charge >= 0.3 is 5.97 Å². The summed E-state index contributed by atoms with van der Waals surface area (Å²) < 4.78 is 23.3. The normalized spacial score (nSPS) is 15.1. The van der Waals surface area contributed by atoms with Gasteiger partial charge in [-0.05, 0) is 36.6 Å². The molecule has 1 atom stereocenters. The van der Waals surface area contributed by atoms with Crippen LogP contribution >= 0.6 is 0 Å². The van der Waals surface area contributed by atoms with Crippen molar-refractivity contribution >= 4 is 34.3 Å². The molecule has 3 aromatic rings. The van der Waals surface area contributed by atoms with Crippen LogP contribution in [0.25, 0.3) is 11.0 Å². The van der Waals surface area contributed by atoms with Crippen molar-refractivity contribution in [2.45, 2.75) is 39.0 Å². The molecule has 10 nitrogen and oxygen atoms in total. The number of carbonyl (C=O) groups is 2. The molecule has 1 aromatic carbocycles. The Morgan fingerprint density at radius 2 is 1.89 bits per heavy atom. The Labute approximate surface area is 203 Å². The molecule has 1 fully saturated rings. The molecule has 0 radical (unpaired) electrons. The van der Waals surface area contributed by atoms with Crippen molar-refractivity contribution in [3.63, 3.8) is 0 Å². The standard InChI is InChI=1S/C25H30N4O6/c1-15(30)28-22-21-10-17(26-12-16-8-19(32-2)11-20(9-16)33-3)13-27-24(21)29(23(22)25(31)34-4)14-18-6-5-7-35-18/h8-11,13,18,26H,5-7,12,14H2,1-4H3,(H,28,30). The molecule has 1 amide bonds. The van der Waals surface area contributed by atoms with Crippen molar-refractivity contribution in [1.29, 1.82) is 0 Å². The number of hydrogen-bond acceptors (Lipinski definition) is 8. The van der Waals surface area contributed by atoms with Gasteiger partial charge in [0.2, 0.25) is 5.91 Å². The molecular formula is C25H30N4O6. The SMILES string of the molecule is COC(=O)c1c(NC(C)=O)c2cc(NCc3cc(OC)cc(OC)c3)cnc2n1CC1CCCO1. The van der Waals surface area contributed by atoms with E-state index in [1.807, 2.05) is 24.3 Å². The maximum absolute atomic E-state index is 12.8. The summed E-state index contributed by atoms with van der Waals surface area (Å²) >= 11 is 0. The lowest BCUT2D eigenvalue weighted by molar-refractivity contribution is -0.114. The van der Waals surface area contributed by atoms with Crippen LogP contribution in [-0.4, -0.2) is 55.5 Å². The Morgan fingerprint density at radius 3 is 2.49 bits per heavy atom. The molecule has 1 aliphatic heterocycles. The third kappa shape index (κ3) is 5.32. The second-order valence-electron chi connectivity index (χ2n) is 8.31. The zero-order valence-corrected chi connectivity index (χ0v) is 20.3. The van der Waals surface area contributed by atoms with Crippen LogP contribution in [0.5, 0.6) is 11.5 Å². The molecule has 1 aliphatic rings. The molecule has 0 spiro atoms. The number of hydrogen-bond donors (Lipinski definition) is 2. The first-order chi connectivity index (χ1) is 16.9. The number of benzene rings is 1. The van der Waals surface area contributed by atoms with Gasteiger partial charge < -0.3 is 34.1 Å². The van der Waals surface area contributed by atoms with Crippen LogP contribution in [0.1, 0.15) is 35.8 Å². The zero-order chi connectivity index (χ0) is 24.9. The molecule has 2 aromatic heterocycles. The minimum atomic E-state index is -0.553. The number of esters is 1. The van der Waals surface area contributed by atoms with E-state index in [1.54, 1.807) is 25.0 Å². The first-order valence-corrected chi connectivity index (χ1v) is 11.4. The van der Waals surface area contributed by atoms with Gasteiger partial charge in [-0.25, -0.2) is 9.78 Å². The first-order valence-electron chi connectivity index (χ1n) is 11.4. The maximum Gasteiger partial charge on any atom is 0.356 e. The zero-order valence-electron chi connectivity index (χ0n) is 20.3. The van der Waals surface area contributed by atoms with Crippen LogP contribution in [0.2, 0.25) is 0 Å². The Bertz CT molecular complexity index is 1210. The van der Waals surface area contributed by atoms with Gasteiger partial charge in [-0.1, -0.05) is 0 Å². The van der Waals surface area contributed by atoms with Crippen LogP contribution in [0.4, 0.5) is 11.4 Å². The number of nitrogens with one attached hydrogen (secondary N) is 2. The van der Waals surface area contributed by atoms with E-state index >= 15 is 0 Å². The Balaban J connectivity index is 1.72. The van der Waals surface area contributed by atoms with Crippen LogP contribution in [0, 0.1) is 0 Å². The molecule has 0 bridgehead atoms. The van der Waals surface area contributed by atoms with Gasteiger partial charge in [0, 0.05) is 31.5 Å². The van der Waals surface area contributed by atoms with E-state index in [0.29, 0.717) is 47.9 Å². The predicted octanol–water partition coefficient (Wildman–Crippen LogP) is 3.59. The fraction of sp³-hybridized carbons (Fsp3) is 0.400. The highest BCUT2D eigenvalue weighted by Gasteiger charge is 2.28. The Morgan fingerprint density at radius 1 is 1.14 bits per heavy atom. The monoisotopic (exact) mass is 482 g/mol. The summed E-state index contributed by atoms with van der Waals surface area (Å²) in [6.07, 6.45) is 3.51. The summed E-state index contributed by atoms with van der Waals surface area (Å²) in [5, 5.41) is 6.78.